The summed E-state index contributed by atoms with van der Waals surface area (Å²) in [7, 11) is 0. The first-order valence-corrected chi connectivity index (χ1v) is 4.60. The summed E-state index contributed by atoms with van der Waals surface area (Å²) in [6, 6.07) is 0. The second-order valence-electron chi connectivity index (χ2n) is 2.12. The van der Waals surface area contributed by atoms with E-state index < -0.39 is 0 Å². The van der Waals surface area contributed by atoms with E-state index in [4.69, 9.17) is 11.5 Å². The van der Waals surface area contributed by atoms with Gasteiger partial charge in [-0.1, -0.05) is 0 Å². The molecule has 3 nitrogen and oxygen atoms in total. The van der Waals surface area contributed by atoms with Gasteiger partial charge in [0.25, 0.3) is 0 Å². The van der Waals surface area contributed by atoms with Crippen LogP contribution in [0.2, 0.25) is 0 Å². The molecule has 10 heavy (non-hydrogen) atoms. The van der Waals surface area contributed by atoms with Crippen LogP contribution in [-0.4, -0.2) is 24.5 Å². The van der Waals surface area contributed by atoms with Crippen molar-refractivity contribution in [2.75, 3.05) is 18.6 Å². The van der Waals surface area contributed by atoms with Crippen LogP contribution in [0, 0.1) is 5.92 Å². The number of hydrogen-bond donors (Lipinski definition) is 2. The van der Waals surface area contributed by atoms with Gasteiger partial charge in [-0.25, -0.2) is 0 Å². The third-order valence-electron chi connectivity index (χ3n) is 1.36. The molecule has 4 heteroatoms. The standard InChI is InChI=1S/C6H14N2OS/c1-10-3-2-5(4-7)6(8)9/h5H,2-4,7H2,1H3,(H2,8,9). The van der Waals surface area contributed by atoms with Crippen molar-refractivity contribution in [1.82, 2.24) is 0 Å². The van der Waals surface area contributed by atoms with E-state index in [1.165, 1.54) is 0 Å². The van der Waals surface area contributed by atoms with E-state index in [9.17, 15) is 4.79 Å². The van der Waals surface area contributed by atoms with Gasteiger partial charge in [-0.2, -0.15) is 11.8 Å². The van der Waals surface area contributed by atoms with Crippen LogP contribution in [0.3, 0.4) is 0 Å². The molecule has 60 valence electrons. The van der Waals surface area contributed by atoms with Gasteiger partial charge in [0.1, 0.15) is 0 Å². The van der Waals surface area contributed by atoms with E-state index in [2.05, 4.69) is 0 Å². The molecule has 0 heterocycles. The van der Waals surface area contributed by atoms with Crippen molar-refractivity contribution in [3.05, 3.63) is 0 Å². The lowest BCUT2D eigenvalue weighted by Gasteiger charge is -2.07. The van der Waals surface area contributed by atoms with Crippen LogP contribution in [0.1, 0.15) is 6.42 Å². The predicted molar refractivity (Wildman–Crippen MR) is 44.7 cm³/mol. The van der Waals surface area contributed by atoms with Gasteiger partial charge < -0.3 is 11.5 Å². The maximum atomic E-state index is 10.6. The average Bonchev–Trinajstić information content (AvgIpc) is 1.89. The molecule has 0 saturated carbocycles. The lowest BCUT2D eigenvalue weighted by atomic mass is 10.1. The molecular formula is C6H14N2OS. The van der Waals surface area contributed by atoms with Crippen molar-refractivity contribution >= 4 is 17.7 Å². The lowest BCUT2D eigenvalue weighted by molar-refractivity contribution is -0.121. The lowest BCUT2D eigenvalue weighted by Crippen LogP contribution is -2.30. The Bertz CT molecular complexity index is 108. The van der Waals surface area contributed by atoms with Crippen molar-refractivity contribution in [3.8, 4) is 0 Å². The highest BCUT2D eigenvalue weighted by Crippen LogP contribution is 2.04. The third kappa shape index (κ3) is 3.74. The number of amides is 1. The van der Waals surface area contributed by atoms with Crippen molar-refractivity contribution in [2.24, 2.45) is 17.4 Å². The Morgan fingerprint density at radius 1 is 1.70 bits per heavy atom. The Hall–Kier alpha value is -0.220. The Balaban J connectivity index is 3.50. The van der Waals surface area contributed by atoms with Gasteiger partial charge in [0.15, 0.2) is 0 Å². The molecule has 0 fully saturated rings. The normalized spacial score (nSPS) is 13.0. The number of primary amides is 1. The summed E-state index contributed by atoms with van der Waals surface area (Å²) >= 11 is 1.70. The number of thioether (sulfide) groups is 1. The van der Waals surface area contributed by atoms with E-state index >= 15 is 0 Å². The SMILES string of the molecule is CSCCC(CN)C(N)=O. The van der Waals surface area contributed by atoms with Crippen LogP contribution in [0.5, 0.6) is 0 Å². The third-order valence-corrected chi connectivity index (χ3v) is 2.00. The van der Waals surface area contributed by atoms with Gasteiger partial charge in [-0.05, 0) is 18.4 Å². The maximum absolute atomic E-state index is 10.6. The van der Waals surface area contributed by atoms with Gasteiger partial charge in [-0.3, -0.25) is 4.79 Å². The second kappa shape index (κ2) is 5.56. The second-order valence-corrected chi connectivity index (χ2v) is 3.10. The zero-order valence-corrected chi connectivity index (χ0v) is 6.99. The molecule has 0 aliphatic carbocycles. The summed E-state index contributed by atoms with van der Waals surface area (Å²) in [5.41, 5.74) is 10.4. The number of rotatable bonds is 5. The number of carbonyl (C=O) groups is 1. The molecule has 0 rings (SSSR count). The fraction of sp³-hybridized carbons (Fsp3) is 0.833. The minimum atomic E-state index is -0.281. The number of hydrogen-bond acceptors (Lipinski definition) is 3. The Morgan fingerprint density at radius 3 is 2.60 bits per heavy atom. The molecule has 0 aromatic rings. The molecule has 0 saturated heterocycles. The highest BCUT2D eigenvalue weighted by Gasteiger charge is 2.11. The van der Waals surface area contributed by atoms with Gasteiger partial charge in [0.2, 0.25) is 5.91 Å². The summed E-state index contributed by atoms with van der Waals surface area (Å²) in [6.45, 7) is 0.371. The molecule has 0 aliphatic heterocycles. The van der Waals surface area contributed by atoms with Crippen molar-refractivity contribution in [1.29, 1.82) is 0 Å². The first kappa shape index (κ1) is 9.78. The molecule has 0 radical (unpaired) electrons. The minimum absolute atomic E-state index is 0.132. The Labute approximate surface area is 65.5 Å². The highest BCUT2D eigenvalue weighted by molar-refractivity contribution is 7.98. The van der Waals surface area contributed by atoms with Crippen molar-refractivity contribution in [3.63, 3.8) is 0 Å². The average molecular weight is 162 g/mol. The zero-order valence-electron chi connectivity index (χ0n) is 6.17. The molecule has 1 unspecified atom stereocenters. The van der Waals surface area contributed by atoms with E-state index in [0.29, 0.717) is 6.54 Å². The first-order valence-electron chi connectivity index (χ1n) is 3.20. The van der Waals surface area contributed by atoms with Gasteiger partial charge >= 0.3 is 0 Å². The van der Waals surface area contributed by atoms with Crippen molar-refractivity contribution < 1.29 is 4.79 Å². The fourth-order valence-electron chi connectivity index (χ4n) is 0.636. The maximum Gasteiger partial charge on any atom is 0.221 e. The largest absolute Gasteiger partial charge is 0.369 e. The first-order chi connectivity index (χ1) is 4.72. The summed E-state index contributed by atoms with van der Waals surface area (Å²) in [5.74, 6) is 0.536. The Kier molecular flexibility index (Phi) is 5.43. The van der Waals surface area contributed by atoms with Gasteiger partial charge in [0.05, 0.1) is 5.92 Å². The summed E-state index contributed by atoms with van der Waals surface area (Å²) in [4.78, 5) is 10.6. The quantitative estimate of drug-likeness (QED) is 0.588. The van der Waals surface area contributed by atoms with E-state index in [1.54, 1.807) is 11.8 Å². The molecule has 0 spiro atoms. The molecule has 0 aromatic heterocycles. The van der Waals surface area contributed by atoms with Crippen LogP contribution < -0.4 is 11.5 Å². The van der Waals surface area contributed by atoms with Crippen LogP contribution in [0.4, 0.5) is 0 Å². The molecule has 1 atom stereocenters. The summed E-state index contributed by atoms with van der Waals surface area (Å²) in [5, 5.41) is 0. The van der Waals surface area contributed by atoms with Crippen LogP contribution >= 0.6 is 11.8 Å². The number of nitrogens with two attached hydrogens (primary N) is 2. The summed E-state index contributed by atoms with van der Waals surface area (Å²) < 4.78 is 0. The molecule has 1 amide bonds. The molecular weight excluding hydrogens is 148 g/mol. The van der Waals surface area contributed by atoms with E-state index in [0.717, 1.165) is 12.2 Å². The van der Waals surface area contributed by atoms with Gasteiger partial charge in [-0.15, -0.1) is 0 Å². The zero-order chi connectivity index (χ0) is 7.98. The van der Waals surface area contributed by atoms with E-state index in [1.807, 2.05) is 6.26 Å². The molecule has 4 N–H and O–H groups in total. The van der Waals surface area contributed by atoms with E-state index in [-0.39, 0.29) is 11.8 Å². The smallest absolute Gasteiger partial charge is 0.221 e. The topological polar surface area (TPSA) is 69.1 Å². The van der Waals surface area contributed by atoms with Gasteiger partial charge in [0, 0.05) is 6.54 Å². The monoisotopic (exact) mass is 162 g/mol. The minimum Gasteiger partial charge on any atom is -0.369 e. The Morgan fingerprint density at radius 2 is 2.30 bits per heavy atom. The molecule has 0 bridgehead atoms. The fourth-order valence-corrected chi connectivity index (χ4v) is 1.16. The van der Waals surface area contributed by atoms with Crippen LogP contribution in [0.25, 0.3) is 0 Å². The number of carbonyl (C=O) groups excluding carboxylic acids is 1. The summed E-state index contributed by atoms with van der Waals surface area (Å²) in [6.07, 6.45) is 2.79. The van der Waals surface area contributed by atoms with Crippen LogP contribution in [-0.2, 0) is 4.79 Å². The van der Waals surface area contributed by atoms with Crippen molar-refractivity contribution in [2.45, 2.75) is 6.42 Å². The predicted octanol–water partition coefficient (Wildman–Crippen LogP) is -0.200. The molecule has 0 aromatic carbocycles. The molecule has 0 aliphatic rings. The highest BCUT2D eigenvalue weighted by atomic mass is 32.2. The van der Waals surface area contributed by atoms with Crippen LogP contribution in [0.15, 0.2) is 0 Å².